The van der Waals surface area contributed by atoms with Crippen molar-refractivity contribution in [3.63, 3.8) is 0 Å². The van der Waals surface area contributed by atoms with Gasteiger partial charge in [0, 0.05) is 18.7 Å². The monoisotopic (exact) mass is 590 g/mol. The highest BCUT2D eigenvalue weighted by Gasteiger charge is 2.45. The molecule has 1 saturated heterocycles. The summed E-state index contributed by atoms with van der Waals surface area (Å²) in [7, 11) is 0. The van der Waals surface area contributed by atoms with Crippen molar-refractivity contribution in [2.24, 2.45) is 0 Å². The molecule has 1 aromatic heterocycles. The van der Waals surface area contributed by atoms with Crippen LogP contribution in [0.15, 0.2) is 48.7 Å². The highest BCUT2D eigenvalue weighted by atomic mass is 16.5. The summed E-state index contributed by atoms with van der Waals surface area (Å²) in [5.41, 5.74) is 7.79. The zero-order valence-corrected chi connectivity index (χ0v) is 23.1. The van der Waals surface area contributed by atoms with Crippen LogP contribution in [0.2, 0.25) is 0 Å². The molecule has 1 unspecified atom stereocenters. The van der Waals surface area contributed by atoms with Gasteiger partial charge in [-0.25, -0.2) is 4.68 Å². The number of aromatic nitrogens is 3. The Labute approximate surface area is 245 Å². The number of anilines is 3. The van der Waals surface area contributed by atoms with Crippen molar-refractivity contribution in [2.75, 3.05) is 49.3 Å². The van der Waals surface area contributed by atoms with Gasteiger partial charge in [-0.1, -0.05) is 23.4 Å². The van der Waals surface area contributed by atoms with Gasteiger partial charge in [-0.2, -0.15) is 0 Å². The highest BCUT2D eigenvalue weighted by Crippen LogP contribution is 2.32. The summed E-state index contributed by atoms with van der Waals surface area (Å²) in [6, 6.07) is 10.8. The first kappa shape index (κ1) is 29.3. The molecule has 5 N–H and O–H groups in total. The Kier molecular flexibility index (Phi) is 9.02. The van der Waals surface area contributed by atoms with Gasteiger partial charge in [0.25, 0.3) is 17.7 Å². The predicted molar refractivity (Wildman–Crippen MR) is 152 cm³/mol. The first-order chi connectivity index (χ1) is 20.8. The molecular formula is C28H30N8O7. The number of para-hydroxylation sites is 2. The maximum Gasteiger partial charge on any atom is 0.277 e. The zero-order chi connectivity index (χ0) is 30.3. The number of nitrogens with two attached hydrogens (primary N) is 1. The molecule has 224 valence electrons. The van der Waals surface area contributed by atoms with Crippen LogP contribution in [0.25, 0.3) is 0 Å². The quantitative estimate of drug-likeness (QED) is 0.124. The molecule has 2 aromatic carbocycles. The smallest absolute Gasteiger partial charge is 0.277 e. The van der Waals surface area contributed by atoms with E-state index in [0.717, 1.165) is 4.90 Å². The van der Waals surface area contributed by atoms with Gasteiger partial charge in [0.15, 0.2) is 5.69 Å². The minimum atomic E-state index is -1.02. The number of amides is 5. The lowest BCUT2D eigenvalue weighted by molar-refractivity contribution is -0.136. The Morgan fingerprint density at radius 2 is 1.74 bits per heavy atom. The third kappa shape index (κ3) is 6.68. The molecular weight excluding hydrogens is 560 g/mol. The molecule has 2 aliphatic rings. The summed E-state index contributed by atoms with van der Waals surface area (Å²) in [5.74, 6) is -2.64. The average molecular weight is 591 g/mol. The van der Waals surface area contributed by atoms with Crippen LogP contribution in [0.4, 0.5) is 17.1 Å². The minimum Gasteiger partial charge on any atom is -0.397 e. The Bertz CT molecular complexity index is 1560. The van der Waals surface area contributed by atoms with Crippen molar-refractivity contribution in [2.45, 2.75) is 25.4 Å². The lowest BCUT2D eigenvalue weighted by atomic mass is 10.0. The van der Waals surface area contributed by atoms with E-state index < -0.39 is 35.6 Å². The second-order valence-corrected chi connectivity index (χ2v) is 9.74. The average Bonchev–Trinajstić information content (AvgIpc) is 3.56. The predicted octanol–water partition coefficient (Wildman–Crippen LogP) is 0.659. The van der Waals surface area contributed by atoms with Gasteiger partial charge >= 0.3 is 0 Å². The molecule has 43 heavy (non-hydrogen) atoms. The molecule has 1 fully saturated rings. The number of fused-ring (bicyclic) bond motifs is 1. The number of imide groups is 2. The number of carbonyl (C=O) groups excluding carboxylic acids is 5. The molecule has 15 heteroatoms. The van der Waals surface area contributed by atoms with E-state index in [4.69, 9.17) is 15.2 Å². The summed E-state index contributed by atoms with van der Waals surface area (Å²) in [4.78, 5) is 63.1. The van der Waals surface area contributed by atoms with Crippen LogP contribution < -0.4 is 21.7 Å². The Hall–Kier alpha value is -5.15. The third-order valence-electron chi connectivity index (χ3n) is 6.85. The number of rotatable bonds is 13. The number of piperidine rings is 1. The molecule has 0 saturated carbocycles. The van der Waals surface area contributed by atoms with Crippen molar-refractivity contribution in [3.05, 3.63) is 65.5 Å². The SMILES string of the molecule is Nc1ccccc1NC(=O)c1cn(CCOCCOCCNc2cccc3c2C(=O)N(C2CCC(=O)NC2=O)C3=O)nn1. The van der Waals surface area contributed by atoms with Crippen LogP contribution in [0.3, 0.4) is 0 Å². The number of nitrogens with zero attached hydrogens (tertiary/aromatic N) is 4. The van der Waals surface area contributed by atoms with Crippen molar-refractivity contribution < 1.29 is 33.4 Å². The van der Waals surface area contributed by atoms with Gasteiger partial charge < -0.3 is 25.8 Å². The maximum absolute atomic E-state index is 13.1. The van der Waals surface area contributed by atoms with Crippen molar-refractivity contribution >= 4 is 46.6 Å². The Balaban J connectivity index is 0.996. The van der Waals surface area contributed by atoms with E-state index >= 15 is 0 Å². The molecule has 0 aliphatic carbocycles. The van der Waals surface area contributed by atoms with Gasteiger partial charge in [-0.15, -0.1) is 5.10 Å². The lowest BCUT2D eigenvalue weighted by Crippen LogP contribution is -2.54. The van der Waals surface area contributed by atoms with Crippen molar-refractivity contribution in [3.8, 4) is 0 Å². The summed E-state index contributed by atoms with van der Waals surface area (Å²) in [6.07, 6.45) is 1.67. The van der Waals surface area contributed by atoms with Crippen LogP contribution in [-0.2, 0) is 25.6 Å². The zero-order valence-electron chi connectivity index (χ0n) is 23.1. The Morgan fingerprint density at radius 3 is 2.53 bits per heavy atom. The van der Waals surface area contributed by atoms with E-state index in [2.05, 4.69) is 26.3 Å². The molecule has 0 radical (unpaired) electrons. The summed E-state index contributed by atoms with van der Waals surface area (Å²) in [6.45, 7) is 2.02. The van der Waals surface area contributed by atoms with Crippen molar-refractivity contribution in [1.29, 1.82) is 0 Å². The van der Waals surface area contributed by atoms with Gasteiger partial charge in [0.2, 0.25) is 11.8 Å². The number of carbonyl (C=O) groups is 5. The first-order valence-electron chi connectivity index (χ1n) is 13.6. The van der Waals surface area contributed by atoms with Crippen LogP contribution in [0.5, 0.6) is 0 Å². The lowest BCUT2D eigenvalue weighted by Gasteiger charge is -2.27. The number of ether oxygens (including phenoxy) is 2. The largest absolute Gasteiger partial charge is 0.397 e. The Morgan fingerprint density at radius 1 is 0.977 bits per heavy atom. The van der Waals surface area contributed by atoms with Crippen LogP contribution in [0, 0.1) is 0 Å². The fraction of sp³-hybridized carbons (Fsp3) is 0.321. The number of nitrogens with one attached hydrogen (secondary N) is 3. The number of nitrogen functional groups attached to an aromatic ring is 1. The molecule has 3 aromatic rings. The number of hydrogen-bond acceptors (Lipinski definition) is 11. The third-order valence-corrected chi connectivity index (χ3v) is 6.85. The summed E-state index contributed by atoms with van der Waals surface area (Å²) >= 11 is 0. The van der Waals surface area contributed by atoms with Gasteiger partial charge in [-0.05, 0) is 30.7 Å². The molecule has 0 bridgehead atoms. The van der Waals surface area contributed by atoms with E-state index in [1.807, 2.05) is 0 Å². The van der Waals surface area contributed by atoms with Gasteiger partial charge in [0.05, 0.1) is 61.7 Å². The maximum atomic E-state index is 13.1. The fourth-order valence-electron chi connectivity index (χ4n) is 4.71. The van der Waals surface area contributed by atoms with Crippen LogP contribution in [-0.4, -0.2) is 88.4 Å². The first-order valence-corrected chi connectivity index (χ1v) is 13.6. The van der Waals surface area contributed by atoms with Crippen molar-refractivity contribution in [1.82, 2.24) is 25.2 Å². The molecule has 0 spiro atoms. The number of benzene rings is 2. The normalized spacial score (nSPS) is 16.3. The van der Waals surface area contributed by atoms with E-state index in [0.29, 0.717) is 56.6 Å². The second-order valence-electron chi connectivity index (χ2n) is 9.74. The molecule has 5 rings (SSSR count). The van der Waals surface area contributed by atoms with E-state index in [9.17, 15) is 24.0 Å². The van der Waals surface area contributed by atoms with Gasteiger partial charge in [-0.3, -0.25) is 34.2 Å². The topological polar surface area (TPSA) is 200 Å². The van der Waals surface area contributed by atoms with Crippen LogP contribution >= 0.6 is 0 Å². The van der Waals surface area contributed by atoms with Gasteiger partial charge in [0.1, 0.15) is 6.04 Å². The van der Waals surface area contributed by atoms with E-state index in [-0.39, 0.29) is 29.7 Å². The highest BCUT2D eigenvalue weighted by molar-refractivity contribution is 6.25. The summed E-state index contributed by atoms with van der Waals surface area (Å²) in [5, 5.41) is 15.8. The summed E-state index contributed by atoms with van der Waals surface area (Å²) < 4.78 is 12.6. The van der Waals surface area contributed by atoms with E-state index in [1.54, 1.807) is 36.4 Å². The standard InChI is InChI=1S/C28H30N8O7/c29-18-5-1-2-6-19(18)31-25(38)21-16-35(34-33-21)11-13-43-15-14-42-12-10-30-20-7-3-4-17-24(20)28(41)36(27(17)40)22-8-9-23(37)32-26(22)39/h1-7,16,22,30H,8-15,29H2,(H,31,38)(H,32,37,39). The molecule has 5 amide bonds. The fourth-order valence-corrected chi connectivity index (χ4v) is 4.71. The minimum absolute atomic E-state index is 0.0571. The molecule has 2 aliphatic heterocycles. The molecule has 1 atom stereocenters. The van der Waals surface area contributed by atoms with Crippen LogP contribution in [0.1, 0.15) is 44.0 Å². The van der Waals surface area contributed by atoms with E-state index in [1.165, 1.54) is 16.9 Å². The second kappa shape index (κ2) is 13.2. The molecule has 15 nitrogen and oxygen atoms in total. The number of hydrogen-bond donors (Lipinski definition) is 4. The molecule has 3 heterocycles.